The van der Waals surface area contributed by atoms with Crippen LogP contribution in [0, 0.1) is 6.92 Å². The van der Waals surface area contributed by atoms with Crippen LogP contribution in [-0.2, 0) is 14.6 Å². The monoisotopic (exact) mass is 338 g/mol. The van der Waals surface area contributed by atoms with Crippen LogP contribution in [0.2, 0.25) is 0 Å². The normalized spacial score (nSPS) is 28.1. The number of thioether (sulfide) groups is 1. The van der Waals surface area contributed by atoms with E-state index in [9.17, 15) is 13.2 Å². The summed E-state index contributed by atoms with van der Waals surface area (Å²) in [6.45, 7) is 3.77. The quantitative estimate of drug-likeness (QED) is 0.825. The summed E-state index contributed by atoms with van der Waals surface area (Å²) in [6.07, 6.45) is 0.347. The molecule has 0 unspecified atom stereocenters. The molecule has 0 radical (unpaired) electrons. The van der Waals surface area contributed by atoms with Crippen LogP contribution in [0.4, 0.5) is 5.69 Å². The fourth-order valence-corrected chi connectivity index (χ4v) is 6.69. The Kier molecular flexibility index (Phi) is 4.03. The van der Waals surface area contributed by atoms with E-state index in [-0.39, 0.29) is 28.7 Å². The lowest BCUT2D eigenvalue weighted by Gasteiger charge is -2.24. The van der Waals surface area contributed by atoms with Crippen LogP contribution in [0.5, 0.6) is 0 Å². The Labute approximate surface area is 134 Å². The number of anilines is 1. The van der Waals surface area contributed by atoms with E-state index in [0.717, 1.165) is 11.3 Å². The first-order chi connectivity index (χ1) is 10.4. The molecule has 2 aliphatic rings. The zero-order valence-electron chi connectivity index (χ0n) is 12.5. The summed E-state index contributed by atoms with van der Waals surface area (Å²) >= 11 is 1.41. The SMILES string of the molecule is CCC(=O)N=C1S[C@H]2CS(=O)(=O)C[C@@H]2N1c1ccc(C)cc1. The number of carbonyl (C=O) groups excluding carboxylic acids is 1. The van der Waals surface area contributed by atoms with E-state index in [1.807, 2.05) is 36.1 Å². The summed E-state index contributed by atoms with van der Waals surface area (Å²) in [7, 11) is -3.01. The molecule has 0 aromatic heterocycles. The van der Waals surface area contributed by atoms with Crippen molar-refractivity contribution in [2.45, 2.75) is 31.6 Å². The maximum atomic E-state index is 11.9. The molecule has 2 saturated heterocycles. The lowest BCUT2D eigenvalue weighted by molar-refractivity contribution is -0.117. The van der Waals surface area contributed by atoms with E-state index in [1.54, 1.807) is 6.92 Å². The second-order valence-electron chi connectivity index (χ2n) is 5.65. The zero-order valence-corrected chi connectivity index (χ0v) is 14.2. The molecule has 5 nitrogen and oxygen atoms in total. The third-order valence-electron chi connectivity index (χ3n) is 3.90. The van der Waals surface area contributed by atoms with Gasteiger partial charge in [0, 0.05) is 17.4 Å². The van der Waals surface area contributed by atoms with E-state index >= 15 is 0 Å². The number of aryl methyl sites for hydroxylation is 1. The number of hydrogen-bond acceptors (Lipinski definition) is 4. The van der Waals surface area contributed by atoms with Gasteiger partial charge in [0.15, 0.2) is 15.0 Å². The molecule has 2 atom stereocenters. The summed E-state index contributed by atoms with van der Waals surface area (Å²) in [5.41, 5.74) is 2.03. The molecule has 3 rings (SSSR count). The van der Waals surface area contributed by atoms with Gasteiger partial charge in [0.1, 0.15) is 0 Å². The van der Waals surface area contributed by atoms with Crippen LogP contribution < -0.4 is 4.90 Å². The van der Waals surface area contributed by atoms with Crippen molar-refractivity contribution in [3.05, 3.63) is 29.8 Å². The van der Waals surface area contributed by atoms with E-state index in [1.165, 1.54) is 11.8 Å². The molecule has 1 amide bonds. The van der Waals surface area contributed by atoms with Gasteiger partial charge in [-0.1, -0.05) is 36.4 Å². The second-order valence-corrected chi connectivity index (χ2v) is 9.01. The first kappa shape index (κ1) is 15.6. The van der Waals surface area contributed by atoms with Gasteiger partial charge < -0.3 is 4.90 Å². The number of amidine groups is 1. The van der Waals surface area contributed by atoms with Crippen molar-refractivity contribution >= 4 is 38.4 Å². The molecular formula is C15H18N2O3S2. The predicted octanol–water partition coefficient (Wildman–Crippen LogP) is 2.01. The summed E-state index contributed by atoms with van der Waals surface area (Å²) in [6, 6.07) is 7.73. The second kappa shape index (κ2) is 5.70. The van der Waals surface area contributed by atoms with Crippen molar-refractivity contribution in [2.75, 3.05) is 16.4 Å². The van der Waals surface area contributed by atoms with Gasteiger partial charge in [0.2, 0.25) is 5.91 Å². The smallest absolute Gasteiger partial charge is 0.247 e. The Morgan fingerprint density at radius 1 is 1.32 bits per heavy atom. The van der Waals surface area contributed by atoms with Crippen LogP contribution >= 0.6 is 11.8 Å². The summed E-state index contributed by atoms with van der Waals surface area (Å²) in [5.74, 6) is 0.101. The van der Waals surface area contributed by atoms with E-state index < -0.39 is 9.84 Å². The van der Waals surface area contributed by atoms with Crippen LogP contribution in [0.15, 0.2) is 29.3 Å². The Morgan fingerprint density at radius 2 is 2.00 bits per heavy atom. The van der Waals surface area contributed by atoms with Crippen LogP contribution in [0.25, 0.3) is 0 Å². The number of fused-ring (bicyclic) bond motifs is 1. The van der Waals surface area contributed by atoms with Crippen molar-refractivity contribution in [3.8, 4) is 0 Å². The third kappa shape index (κ3) is 2.92. The van der Waals surface area contributed by atoms with Crippen molar-refractivity contribution in [2.24, 2.45) is 4.99 Å². The van der Waals surface area contributed by atoms with Crippen molar-refractivity contribution in [1.29, 1.82) is 0 Å². The van der Waals surface area contributed by atoms with Crippen LogP contribution in [0.3, 0.4) is 0 Å². The highest BCUT2D eigenvalue weighted by Crippen LogP contribution is 2.40. The highest BCUT2D eigenvalue weighted by molar-refractivity contribution is 8.16. The molecule has 2 heterocycles. The number of sulfone groups is 1. The number of hydrogen-bond donors (Lipinski definition) is 0. The minimum atomic E-state index is -3.01. The number of carbonyl (C=O) groups is 1. The lowest BCUT2D eigenvalue weighted by atomic mass is 10.1. The molecule has 0 saturated carbocycles. The third-order valence-corrected chi connectivity index (χ3v) is 7.11. The van der Waals surface area contributed by atoms with Crippen LogP contribution in [-0.4, -0.2) is 42.3 Å². The van der Waals surface area contributed by atoms with Crippen molar-refractivity contribution < 1.29 is 13.2 Å². The molecule has 0 aliphatic carbocycles. The van der Waals surface area contributed by atoms with E-state index in [0.29, 0.717) is 11.6 Å². The minimum absolute atomic E-state index is 0.0466. The zero-order chi connectivity index (χ0) is 15.9. The summed E-state index contributed by atoms with van der Waals surface area (Å²) < 4.78 is 23.8. The van der Waals surface area contributed by atoms with Gasteiger partial charge in [-0.2, -0.15) is 4.99 Å². The highest BCUT2D eigenvalue weighted by atomic mass is 32.2. The average Bonchev–Trinajstić information content (AvgIpc) is 2.91. The Balaban J connectivity index is 2.01. The van der Waals surface area contributed by atoms with Crippen molar-refractivity contribution in [1.82, 2.24) is 0 Å². The molecule has 0 bridgehead atoms. The van der Waals surface area contributed by atoms with E-state index in [2.05, 4.69) is 4.99 Å². The topological polar surface area (TPSA) is 66.8 Å². The molecule has 1 aromatic rings. The van der Waals surface area contributed by atoms with Crippen LogP contribution in [0.1, 0.15) is 18.9 Å². The Hall–Kier alpha value is -1.34. The molecule has 22 heavy (non-hydrogen) atoms. The summed E-state index contributed by atoms with van der Waals surface area (Å²) in [5, 5.41) is 0.579. The molecular weight excluding hydrogens is 320 g/mol. The van der Waals surface area contributed by atoms with Gasteiger partial charge in [-0.3, -0.25) is 4.79 Å². The fraction of sp³-hybridized carbons (Fsp3) is 0.467. The predicted molar refractivity (Wildman–Crippen MR) is 90.2 cm³/mol. The Bertz CT molecular complexity index is 726. The first-order valence-corrected chi connectivity index (χ1v) is 9.94. The number of aliphatic imine (C=N–C) groups is 1. The standard InChI is InChI=1S/C15H18N2O3S2/c1-3-14(18)16-15-17(11-6-4-10(2)5-7-11)12-8-22(19,20)9-13(12)21-15/h4-7,12-13H,3,8-9H2,1-2H3/t12-,13-/m0/s1. The number of amides is 1. The minimum Gasteiger partial charge on any atom is -0.316 e. The maximum absolute atomic E-state index is 11.9. The number of rotatable bonds is 2. The molecule has 2 aliphatic heterocycles. The van der Waals surface area contributed by atoms with Crippen molar-refractivity contribution in [3.63, 3.8) is 0 Å². The molecule has 118 valence electrons. The maximum Gasteiger partial charge on any atom is 0.247 e. The summed E-state index contributed by atoms with van der Waals surface area (Å²) in [4.78, 5) is 17.8. The Morgan fingerprint density at radius 3 is 2.64 bits per heavy atom. The average molecular weight is 338 g/mol. The molecule has 0 N–H and O–H groups in total. The fourth-order valence-electron chi connectivity index (χ4n) is 2.76. The molecule has 1 aromatic carbocycles. The van der Waals surface area contributed by atoms with Gasteiger partial charge in [-0.05, 0) is 19.1 Å². The number of nitrogens with zero attached hydrogens (tertiary/aromatic N) is 2. The van der Waals surface area contributed by atoms with Gasteiger partial charge >= 0.3 is 0 Å². The first-order valence-electron chi connectivity index (χ1n) is 7.24. The lowest BCUT2D eigenvalue weighted by Crippen LogP contribution is -2.37. The highest BCUT2D eigenvalue weighted by Gasteiger charge is 2.49. The van der Waals surface area contributed by atoms with Gasteiger partial charge in [0.25, 0.3) is 0 Å². The largest absolute Gasteiger partial charge is 0.316 e. The molecule has 2 fully saturated rings. The number of benzene rings is 1. The van der Waals surface area contributed by atoms with E-state index in [4.69, 9.17) is 0 Å². The van der Waals surface area contributed by atoms with Gasteiger partial charge in [0.05, 0.1) is 17.5 Å². The molecule has 7 heteroatoms. The van der Waals surface area contributed by atoms with Gasteiger partial charge in [-0.15, -0.1) is 0 Å². The molecule has 0 spiro atoms. The van der Waals surface area contributed by atoms with Gasteiger partial charge in [-0.25, -0.2) is 8.42 Å².